The van der Waals surface area contributed by atoms with Gasteiger partial charge < -0.3 is 13.9 Å². The molecular weight excluding hydrogens is 298 g/mol. The van der Waals surface area contributed by atoms with Crippen LogP contribution in [-0.4, -0.2) is 51.2 Å². The van der Waals surface area contributed by atoms with Gasteiger partial charge in [0, 0.05) is 19.0 Å². The van der Waals surface area contributed by atoms with E-state index >= 15 is 0 Å². The summed E-state index contributed by atoms with van der Waals surface area (Å²) in [6.07, 6.45) is -1.92. The van der Waals surface area contributed by atoms with Gasteiger partial charge in [-0.3, -0.25) is 10.1 Å². The van der Waals surface area contributed by atoms with Gasteiger partial charge in [0.2, 0.25) is 6.29 Å². The van der Waals surface area contributed by atoms with Crippen LogP contribution in [0.15, 0.2) is 0 Å². The van der Waals surface area contributed by atoms with E-state index in [9.17, 15) is 10.1 Å². The highest BCUT2D eigenvalue weighted by molar-refractivity contribution is 6.69. The number of rotatable bonds is 8. The minimum atomic E-state index is -1.85. The second-order valence-corrected chi connectivity index (χ2v) is 10.8. The predicted octanol–water partition coefficient (Wildman–Crippen LogP) is 1.93. The molecule has 0 saturated carbocycles. The minimum absolute atomic E-state index is 0.0118. The molecule has 0 aromatic rings. The second kappa shape index (κ2) is 7.12. The minimum Gasteiger partial charge on any atom is -0.412 e. The predicted molar refractivity (Wildman–Crippen MR) is 76.6 cm³/mol. The smallest absolute Gasteiger partial charge is 0.252 e. The number of ether oxygens (including phenoxy) is 2. The average molecular weight is 323 g/mol. The molecule has 1 unspecified atom stereocenters. The molecule has 0 amide bonds. The zero-order chi connectivity index (χ0) is 16.3. The Bertz CT molecular complexity index is 356. The maximum atomic E-state index is 11.6. The normalized spacial score (nSPS) is 25.3. The third kappa shape index (κ3) is 4.97. The van der Waals surface area contributed by atoms with Gasteiger partial charge in [-0.2, -0.15) is 0 Å². The number of methoxy groups -OCH3 is 1. The van der Waals surface area contributed by atoms with Crippen molar-refractivity contribution >= 4 is 8.32 Å². The fraction of sp³-hybridized carbons (Fsp3) is 1.00. The average Bonchev–Trinajstić information content (AvgIpc) is 2.79. The van der Waals surface area contributed by atoms with E-state index in [-0.39, 0.29) is 18.1 Å². The lowest BCUT2D eigenvalue weighted by Crippen LogP contribution is -2.56. The second-order valence-electron chi connectivity index (χ2n) is 6.34. The molecule has 0 aromatic heterocycles. The molecule has 0 aromatic carbocycles. The third-order valence-corrected chi connectivity index (χ3v) is 4.39. The van der Waals surface area contributed by atoms with Gasteiger partial charge in [-0.15, -0.1) is 0 Å². The Morgan fingerprint density at radius 2 is 2.10 bits per heavy atom. The summed E-state index contributed by atoms with van der Waals surface area (Å²) in [6, 6.07) is 0. The van der Waals surface area contributed by atoms with Crippen LogP contribution in [0, 0.1) is 10.1 Å². The van der Waals surface area contributed by atoms with E-state index in [1.807, 2.05) is 19.6 Å². The molecule has 1 rings (SSSR count). The van der Waals surface area contributed by atoms with E-state index in [0.717, 1.165) is 0 Å². The number of hydrogen-bond donors (Lipinski definition) is 0. The van der Waals surface area contributed by atoms with Gasteiger partial charge in [-0.1, -0.05) is 0 Å². The Labute approximate surface area is 125 Å². The van der Waals surface area contributed by atoms with Crippen LogP contribution in [0.1, 0.15) is 20.3 Å². The van der Waals surface area contributed by atoms with Gasteiger partial charge >= 0.3 is 0 Å². The Hall–Kier alpha value is -0.583. The molecule has 1 heterocycles. The molecule has 1 saturated heterocycles. The molecule has 1 fully saturated rings. The van der Waals surface area contributed by atoms with Crippen molar-refractivity contribution in [1.82, 2.24) is 0 Å². The summed E-state index contributed by atoms with van der Waals surface area (Å²) in [6.45, 7) is 9.35. The largest absolute Gasteiger partial charge is 0.412 e. The Morgan fingerprint density at radius 1 is 1.48 bits per heavy atom. The van der Waals surface area contributed by atoms with E-state index in [2.05, 4.69) is 4.89 Å². The first-order valence-electron chi connectivity index (χ1n) is 6.85. The third-order valence-electron chi connectivity index (χ3n) is 3.31. The molecule has 8 nitrogen and oxygen atoms in total. The van der Waals surface area contributed by atoms with Crippen molar-refractivity contribution in [3.05, 3.63) is 10.1 Å². The van der Waals surface area contributed by atoms with E-state index in [1.165, 1.54) is 14.0 Å². The molecule has 0 radical (unpaired) electrons. The van der Waals surface area contributed by atoms with Crippen LogP contribution < -0.4 is 0 Å². The highest BCUT2D eigenvalue weighted by Crippen LogP contribution is 2.30. The molecule has 0 spiro atoms. The van der Waals surface area contributed by atoms with Crippen molar-refractivity contribution in [2.75, 3.05) is 13.9 Å². The highest BCUT2D eigenvalue weighted by Gasteiger charge is 2.52. The molecule has 0 bridgehead atoms. The molecule has 1 aliphatic heterocycles. The summed E-state index contributed by atoms with van der Waals surface area (Å²) in [7, 11) is -0.399. The number of nitro groups is 1. The fourth-order valence-corrected chi connectivity index (χ4v) is 3.77. The summed E-state index contributed by atoms with van der Waals surface area (Å²) in [4.78, 5) is 20.7. The molecule has 0 N–H and O–H groups in total. The standard InChI is InChI=1S/C12H25NO7Si/c1-9(20-21(4,5)6)11(16-3)12(2,13(14)15)7-10-17-8-18-19-10/h9-11H,7-8H2,1-6H3/t9-,10?,11-,12-/m0/s1. The van der Waals surface area contributed by atoms with Crippen LogP contribution in [0.3, 0.4) is 0 Å². The Morgan fingerprint density at radius 3 is 2.48 bits per heavy atom. The lowest BCUT2D eigenvalue weighted by Gasteiger charge is -2.36. The van der Waals surface area contributed by atoms with Crippen molar-refractivity contribution in [3.63, 3.8) is 0 Å². The Balaban J connectivity index is 2.90. The SMILES string of the molecule is CO[C@@H]([C@H](C)O[Si](C)(C)C)[C@](C)(CC1OCOO1)[N+](=O)[O-]. The maximum Gasteiger partial charge on any atom is 0.252 e. The van der Waals surface area contributed by atoms with Gasteiger partial charge in [0.15, 0.2) is 21.2 Å². The molecule has 1 aliphatic rings. The van der Waals surface area contributed by atoms with E-state index in [4.69, 9.17) is 18.8 Å². The highest BCUT2D eigenvalue weighted by atomic mass is 28.4. The van der Waals surface area contributed by atoms with Crippen LogP contribution in [0.2, 0.25) is 19.6 Å². The zero-order valence-corrected chi connectivity index (χ0v) is 14.5. The number of nitrogens with zero attached hydrogens (tertiary/aromatic N) is 1. The van der Waals surface area contributed by atoms with Crippen molar-refractivity contribution in [3.8, 4) is 0 Å². The van der Waals surface area contributed by atoms with Crippen LogP contribution in [-0.2, 0) is 23.7 Å². The van der Waals surface area contributed by atoms with E-state index in [0.29, 0.717) is 0 Å². The number of hydrogen-bond acceptors (Lipinski definition) is 7. The van der Waals surface area contributed by atoms with Crippen LogP contribution in [0.5, 0.6) is 0 Å². The summed E-state index contributed by atoms with van der Waals surface area (Å²) < 4.78 is 16.5. The van der Waals surface area contributed by atoms with Gasteiger partial charge in [0.05, 0.1) is 12.5 Å². The molecular formula is C12H25NO7Si. The van der Waals surface area contributed by atoms with Gasteiger partial charge in [-0.25, -0.2) is 9.78 Å². The van der Waals surface area contributed by atoms with Crippen LogP contribution >= 0.6 is 0 Å². The van der Waals surface area contributed by atoms with Gasteiger partial charge in [-0.05, 0) is 26.6 Å². The monoisotopic (exact) mass is 323 g/mol. The van der Waals surface area contributed by atoms with Gasteiger partial charge in [0.1, 0.15) is 0 Å². The fourth-order valence-electron chi connectivity index (χ4n) is 2.53. The summed E-state index contributed by atoms with van der Waals surface area (Å²) in [5, 5.41) is 11.6. The lowest BCUT2D eigenvalue weighted by molar-refractivity contribution is -0.586. The van der Waals surface area contributed by atoms with Crippen LogP contribution in [0.4, 0.5) is 0 Å². The van der Waals surface area contributed by atoms with Crippen molar-refractivity contribution < 1.29 is 28.6 Å². The first-order valence-corrected chi connectivity index (χ1v) is 10.3. The molecule has 124 valence electrons. The van der Waals surface area contributed by atoms with Gasteiger partial charge in [0.25, 0.3) is 5.54 Å². The maximum absolute atomic E-state index is 11.6. The lowest BCUT2D eigenvalue weighted by atomic mass is 9.88. The van der Waals surface area contributed by atoms with E-state index < -0.39 is 32.4 Å². The van der Waals surface area contributed by atoms with Crippen LogP contribution in [0.25, 0.3) is 0 Å². The Kier molecular flexibility index (Phi) is 6.26. The molecule has 21 heavy (non-hydrogen) atoms. The topological polar surface area (TPSA) is 89.3 Å². The molecule has 4 atom stereocenters. The summed E-state index contributed by atoms with van der Waals surface area (Å²) >= 11 is 0. The first-order chi connectivity index (χ1) is 9.60. The quantitative estimate of drug-likeness (QED) is 0.292. The zero-order valence-electron chi connectivity index (χ0n) is 13.5. The molecule has 9 heteroatoms. The van der Waals surface area contributed by atoms with Crippen molar-refractivity contribution in [1.29, 1.82) is 0 Å². The summed E-state index contributed by atoms with van der Waals surface area (Å²) in [5.41, 5.74) is -1.41. The molecule has 0 aliphatic carbocycles. The van der Waals surface area contributed by atoms with Crippen molar-refractivity contribution in [2.24, 2.45) is 0 Å². The first kappa shape index (κ1) is 18.5. The van der Waals surface area contributed by atoms with E-state index in [1.54, 1.807) is 6.92 Å². The van der Waals surface area contributed by atoms with Crippen molar-refractivity contribution in [2.45, 2.75) is 63.9 Å². The summed E-state index contributed by atoms with van der Waals surface area (Å²) in [5.74, 6) is 0.